The van der Waals surface area contributed by atoms with Crippen molar-refractivity contribution in [1.29, 1.82) is 0 Å². The molecule has 1 aliphatic carbocycles. The number of hydrogen-bond donors (Lipinski definition) is 3. The molecule has 4 aromatic carbocycles. The lowest BCUT2D eigenvalue weighted by Gasteiger charge is -2.43. The molecular weight excluding hydrogens is 892 g/mol. The summed E-state index contributed by atoms with van der Waals surface area (Å²) in [7, 11) is -4.44. The quantitative estimate of drug-likeness (QED) is 0.0504. The predicted octanol–water partition coefficient (Wildman–Crippen LogP) is 8.10. The van der Waals surface area contributed by atoms with Gasteiger partial charge in [0, 0.05) is 111 Å². The fraction of sp³-hybridized carbons (Fsp3) is 0.460. The Balaban J connectivity index is 0.878. The molecule has 0 radical (unpaired) electrons. The van der Waals surface area contributed by atoms with Crippen LogP contribution in [0.25, 0.3) is 5.57 Å². The van der Waals surface area contributed by atoms with E-state index in [4.69, 9.17) is 11.6 Å². The van der Waals surface area contributed by atoms with E-state index in [-0.39, 0.29) is 33.3 Å². The molecule has 0 aromatic heterocycles. The van der Waals surface area contributed by atoms with Crippen LogP contribution >= 0.6 is 23.4 Å². The largest absolute Gasteiger partial charge is 0.376 e. The second-order valence-corrected chi connectivity index (χ2v) is 21.8. The number of nitro benzene ring substituents is 1. The Bertz CT molecular complexity index is 2420. The van der Waals surface area contributed by atoms with E-state index in [1.807, 2.05) is 54.6 Å². The minimum atomic E-state index is -4.44. The van der Waals surface area contributed by atoms with Gasteiger partial charge in [0.25, 0.3) is 21.6 Å². The minimum Gasteiger partial charge on any atom is -0.376 e. The third-order valence-electron chi connectivity index (χ3n) is 13.6. The van der Waals surface area contributed by atoms with Crippen molar-refractivity contribution in [2.75, 3.05) is 101 Å². The van der Waals surface area contributed by atoms with E-state index in [9.17, 15) is 23.3 Å². The lowest BCUT2D eigenvalue weighted by atomic mass is 9.71. The van der Waals surface area contributed by atoms with Gasteiger partial charge in [-0.3, -0.25) is 19.8 Å². The van der Waals surface area contributed by atoms with E-state index in [0.717, 1.165) is 132 Å². The number of nitro groups is 1. The maximum atomic E-state index is 13.6. The van der Waals surface area contributed by atoms with Crippen LogP contribution in [0.5, 0.6) is 0 Å². The molecule has 4 aliphatic rings. The Morgan fingerprint density at radius 3 is 2.29 bits per heavy atom. The maximum Gasteiger partial charge on any atom is 0.293 e. The van der Waals surface area contributed by atoms with Gasteiger partial charge in [-0.15, -0.1) is 11.8 Å². The summed E-state index contributed by atoms with van der Waals surface area (Å²) in [4.78, 5) is 35.8. The average Bonchev–Trinajstić information content (AvgIpc) is 3.85. The highest BCUT2D eigenvalue weighted by molar-refractivity contribution is 7.99. The van der Waals surface area contributed by atoms with Crippen molar-refractivity contribution in [3.05, 3.63) is 129 Å². The van der Waals surface area contributed by atoms with Crippen molar-refractivity contribution in [3.8, 4) is 0 Å². The number of benzene rings is 4. The van der Waals surface area contributed by atoms with Crippen molar-refractivity contribution in [1.82, 2.24) is 24.7 Å². The SMILES string of the molecule is CC1(CN2CCNCC2)CCC(c2ccc(Cl)cc2)=C(CN2CCN(c3ccc(C(=O)NS(=O)(=O)c4ccc(N[C@H](CCN5CCCC5)CSc5ccccc5)c([N+](=O)[O-])c4)cc3)CC2)C1. The number of anilines is 2. The molecule has 3 N–H and O–H groups in total. The highest BCUT2D eigenvalue weighted by atomic mass is 35.5. The number of thioether (sulfide) groups is 1. The van der Waals surface area contributed by atoms with Crippen LogP contribution in [-0.2, 0) is 10.0 Å². The van der Waals surface area contributed by atoms with Gasteiger partial charge in [0.1, 0.15) is 5.69 Å². The lowest BCUT2D eigenvalue weighted by Crippen LogP contribution is -2.49. The Hall–Kier alpha value is -4.48. The third kappa shape index (κ3) is 12.7. The number of nitrogens with zero attached hydrogens (tertiary/aromatic N) is 5. The number of hydrogen-bond acceptors (Lipinski definition) is 12. The number of halogens is 1. The van der Waals surface area contributed by atoms with Crippen molar-refractivity contribution < 1.29 is 18.1 Å². The van der Waals surface area contributed by atoms with Gasteiger partial charge in [-0.05, 0) is 129 Å². The van der Waals surface area contributed by atoms with Crippen LogP contribution in [0.2, 0.25) is 5.02 Å². The molecule has 1 amide bonds. The molecule has 13 nitrogen and oxygen atoms in total. The van der Waals surface area contributed by atoms with Gasteiger partial charge in [0.05, 0.1) is 9.82 Å². The van der Waals surface area contributed by atoms with Crippen LogP contribution in [0.4, 0.5) is 17.1 Å². The number of sulfonamides is 1. The van der Waals surface area contributed by atoms with Crippen LogP contribution in [0.3, 0.4) is 0 Å². The molecule has 3 aliphatic heterocycles. The zero-order valence-corrected chi connectivity index (χ0v) is 40.3. The van der Waals surface area contributed by atoms with Gasteiger partial charge >= 0.3 is 0 Å². The normalized spacial score (nSPS) is 20.6. The summed E-state index contributed by atoms with van der Waals surface area (Å²) in [6.45, 7) is 15.2. The molecule has 8 rings (SSSR count). The van der Waals surface area contributed by atoms with E-state index >= 15 is 0 Å². The number of amides is 1. The molecule has 1 unspecified atom stereocenters. The number of allylic oxidation sites excluding steroid dienone is 1. The Morgan fingerprint density at radius 2 is 1.59 bits per heavy atom. The molecule has 0 spiro atoms. The first-order valence-corrected chi connectivity index (χ1v) is 26.2. The lowest BCUT2D eigenvalue weighted by molar-refractivity contribution is -0.384. The number of likely N-dealkylation sites (tertiary alicyclic amines) is 1. The van der Waals surface area contributed by atoms with Crippen LogP contribution in [0, 0.1) is 15.5 Å². The topological polar surface area (TPSA) is 143 Å². The maximum absolute atomic E-state index is 13.6. The van der Waals surface area contributed by atoms with Gasteiger partial charge in [0.15, 0.2) is 0 Å². The fourth-order valence-corrected chi connectivity index (χ4v) is 12.0. The Labute approximate surface area is 399 Å². The second-order valence-electron chi connectivity index (χ2n) is 18.6. The van der Waals surface area contributed by atoms with Crippen molar-refractivity contribution >= 4 is 61.9 Å². The summed E-state index contributed by atoms with van der Waals surface area (Å²) in [5.41, 5.74) is 5.46. The van der Waals surface area contributed by atoms with Gasteiger partial charge in [-0.25, -0.2) is 13.1 Å². The van der Waals surface area contributed by atoms with Crippen LogP contribution < -0.4 is 20.3 Å². The highest BCUT2D eigenvalue weighted by Crippen LogP contribution is 2.44. The van der Waals surface area contributed by atoms with Crippen molar-refractivity contribution in [2.24, 2.45) is 5.41 Å². The molecule has 4 aromatic rings. The van der Waals surface area contributed by atoms with E-state index in [2.05, 4.69) is 54.0 Å². The Morgan fingerprint density at radius 1 is 0.879 bits per heavy atom. The molecule has 3 saturated heterocycles. The summed E-state index contributed by atoms with van der Waals surface area (Å²) in [5, 5.41) is 20.0. The molecule has 3 heterocycles. The predicted molar refractivity (Wildman–Crippen MR) is 267 cm³/mol. The summed E-state index contributed by atoms with van der Waals surface area (Å²) in [6, 6.07) is 28.9. The number of piperazine rings is 2. The smallest absolute Gasteiger partial charge is 0.293 e. The average molecular weight is 956 g/mol. The molecule has 66 heavy (non-hydrogen) atoms. The van der Waals surface area contributed by atoms with Gasteiger partial charge in [-0.1, -0.05) is 54.4 Å². The van der Waals surface area contributed by atoms with Crippen LogP contribution in [0.1, 0.15) is 61.4 Å². The summed E-state index contributed by atoms with van der Waals surface area (Å²) in [5.74, 6) is -0.139. The number of rotatable bonds is 18. The van der Waals surface area contributed by atoms with Crippen LogP contribution in [-0.4, -0.2) is 131 Å². The second kappa shape index (κ2) is 22.1. The summed E-state index contributed by atoms with van der Waals surface area (Å²) < 4.78 is 29.2. The van der Waals surface area contributed by atoms with E-state index in [1.165, 1.54) is 41.7 Å². The first-order chi connectivity index (χ1) is 31.9. The fourth-order valence-electron chi connectivity index (χ4n) is 9.93. The number of carbonyl (C=O) groups excluding carboxylic acids is 1. The first kappa shape index (κ1) is 48.0. The molecular formula is C50H63ClN8O5S2. The molecule has 3 fully saturated rings. The van der Waals surface area contributed by atoms with E-state index in [1.54, 1.807) is 23.9 Å². The molecule has 16 heteroatoms. The monoisotopic (exact) mass is 954 g/mol. The number of carbonyl (C=O) groups is 1. The van der Waals surface area contributed by atoms with E-state index < -0.39 is 20.9 Å². The summed E-state index contributed by atoms with van der Waals surface area (Å²) in [6.07, 6.45) is 6.40. The van der Waals surface area contributed by atoms with Crippen LogP contribution in [0.15, 0.2) is 112 Å². The van der Waals surface area contributed by atoms with Gasteiger partial charge in [0.2, 0.25) is 0 Å². The zero-order valence-electron chi connectivity index (χ0n) is 37.9. The summed E-state index contributed by atoms with van der Waals surface area (Å²) >= 11 is 7.97. The van der Waals surface area contributed by atoms with Gasteiger partial charge < -0.3 is 25.3 Å². The van der Waals surface area contributed by atoms with Crippen molar-refractivity contribution in [3.63, 3.8) is 0 Å². The standard InChI is InChI=1S/C50H63ClN8O5S2/c1-50(37-57-27-22-52-23-28-57)21-19-46(38-9-13-41(51)14-10-38)40(34-50)35-56-29-31-58(32-30-56)43-15-11-39(12-16-43)49(60)54-66(63,64)45-17-18-47(48(33-45)59(61)62)53-42(20-26-55-24-5-6-25-55)36-65-44-7-3-2-4-8-44/h2-4,7-18,33,42,52-53H,5-6,19-32,34-37H2,1H3,(H,54,60)/t42-,50?/m1/s1. The molecule has 352 valence electrons. The third-order valence-corrected chi connectivity index (χ3v) is 16.3. The molecule has 2 atom stereocenters. The van der Waals surface area contributed by atoms with Crippen molar-refractivity contribution in [2.45, 2.75) is 61.3 Å². The number of nitrogens with one attached hydrogen (secondary N) is 3. The van der Waals surface area contributed by atoms with Gasteiger partial charge in [-0.2, -0.15) is 0 Å². The molecule has 0 bridgehead atoms. The van der Waals surface area contributed by atoms with E-state index in [0.29, 0.717) is 5.75 Å². The highest BCUT2D eigenvalue weighted by Gasteiger charge is 2.35. The molecule has 0 saturated carbocycles. The first-order valence-electron chi connectivity index (χ1n) is 23.4. The Kier molecular flexibility index (Phi) is 16.1. The minimum absolute atomic E-state index is 0.110. The zero-order chi connectivity index (χ0) is 46.1.